The van der Waals surface area contributed by atoms with Crippen LogP contribution in [0.5, 0.6) is 17.2 Å². The fourth-order valence-corrected chi connectivity index (χ4v) is 11.8. The number of hydrogen-bond acceptors (Lipinski definition) is 12. The second-order valence-corrected chi connectivity index (χ2v) is 22.0. The first-order chi connectivity index (χ1) is 32.2. The minimum Gasteiger partial charge on any atom is -0.497 e. The molecule has 17 heteroatoms. The summed E-state index contributed by atoms with van der Waals surface area (Å²) in [5.41, 5.74) is 8.81. The van der Waals surface area contributed by atoms with Crippen molar-refractivity contribution in [1.29, 1.82) is 0 Å². The van der Waals surface area contributed by atoms with Crippen LogP contribution in [0.1, 0.15) is 58.2 Å². The normalized spacial score (nSPS) is 12.5. The quantitative estimate of drug-likeness (QED) is 0.0832. The Hall–Kier alpha value is -6.40. The van der Waals surface area contributed by atoms with Crippen molar-refractivity contribution >= 4 is 36.8 Å². The number of pyridine rings is 1. The molecule has 0 unspecified atom stereocenters. The van der Waals surface area contributed by atoms with Crippen molar-refractivity contribution in [2.45, 2.75) is 71.0 Å². The lowest BCUT2D eigenvalue weighted by Crippen LogP contribution is -2.36. The van der Waals surface area contributed by atoms with Crippen LogP contribution in [-0.2, 0) is 39.7 Å². The smallest absolute Gasteiger partial charge is 0.245 e. The van der Waals surface area contributed by atoms with E-state index in [1.54, 1.807) is 100 Å². The van der Waals surface area contributed by atoms with Crippen LogP contribution >= 0.6 is 0 Å². The number of rotatable bonds is 18. The Balaban J connectivity index is 1.50. The highest BCUT2D eigenvalue weighted by Gasteiger charge is 2.39. The van der Waals surface area contributed by atoms with Gasteiger partial charge < -0.3 is 19.9 Å². The van der Waals surface area contributed by atoms with Crippen LogP contribution in [-0.4, -0.2) is 74.2 Å². The Morgan fingerprint density at radius 3 is 1.76 bits per heavy atom. The number of methoxy groups -OCH3 is 3. The number of nitrogens with zero attached hydrogens (tertiary/aromatic N) is 6. The van der Waals surface area contributed by atoms with E-state index in [2.05, 4.69) is 61.6 Å². The van der Waals surface area contributed by atoms with E-state index in [0.29, 0.717) is 44.8 Å². The van der Waals surface area contributed by atoms with Gasteiger partial charge in [-0.3, -0.25) is 0 Å². The van der Waals surface area contributed by atoms with Gasteiger partial charge in [-0.05, 0) is 105 Å². The Morgan fingerprint density at radius 1 is 0.691 bits per heavy atom. The molecule has 0 aliphatic heterocycles. The van der Waals surface area contributed by atoms with E-state index in [1.807, 2.05) is 36.8 Å². The highest BCUT2D eigenvalue weighted by atomic mass is 32.2. The minimum absolute atomic E-state index is 0.0966. The summed E-state index contributed by atoms with van der Waals surface area (Å²) in [6, 6.07) is 33.1. The third-order valence-electron chi connectivity index (χ3n) is 11.4. The number of anilines is 1. The third-order valence-corrected chi connectivity index (χ3v) is 14.9. The molecule has 356 valence electrons. The zero-order chi connectivity index (χ0) is 49.0. The molecule has 2 heterocycles. The molecule has 0 fully saturated rings. The maximum atomic E-state index is 16.2. The highest BCUT2D eigenvalue weighted by molar-refractivity contribution is 7.92. The second kappa shape index (κ2) is 20.1. The fraction of sp³-hybridized carbons (Fsp3) is 0.294. The van der Waals surface area contributed by atoms with Gasteiger partial charge in [-0.1, -0.05) is 102 Å². The van der Waals surface area contributed by atoms with E-state index in [4.69, 9.17) is 25.0 Å². The van der Waals surface area contributed by atoms with Crippen molar-refractivity contribution in [2.24, 2.45) is 10.8 Å². The van der Waals surface area contributed by atoms with Gasteiger partial charge in [-0.2, -0.15) is 9.10 Å². The van der Waals surface area contributed by atoms with Gasteiger partial charge in [0, 0.05) is 30.6 Å². The summed E-state index contributed by atoms with van der Waals surface area (Å²) < 4.78 is 82.7. The molecule has 5 aromatic carbocycles. The number of hydrogen-bond donors (Lipinski definition) is 2. The summed E-state index contributed by atoms with van der Waals surface area (Å²) >= 11 is 0. The maximum absolute atomic E-state index is 16.2. The molecule has 0 atom stereocenters. The van der Waals surface area contributed by atoms with Crippen LogP contribution in [0.3, 0.4) is 0 Å². The molecule has 3 N–H and O–H groups in total. The average Bonchev–Trinajstić information content (AvgIpc) is 3.77. The van der Waals surface area contributed by atoms with Gasteiger partial charge in [-0.15, -0.1) is 10.2 Å². The zero-order valence-corrected chi connectivity index (χ0v) is 41.4. The van der Waals surface area contributed by atoms with E-state index in [0.717, 1.165) is 11.5 Å². The highest BCUT2D eigenvalue weighted by Crippen LogP contribution is 2.45. The van der Waals surface area contributed by atoms with Crippen molar-refractivity contribution in [3.63, 3.8) is 0 Å². The number of nitrogen functional groups attached to an aromatic ring is 1. The number of benzene rings is 5. The van der Waals surface area contributed by atoms with Crippen LogP contribution in [0.25, 0.3) is 33.4 Å². The van der Waals surface area contributed by atoms with Gasteiger partial charge in [0.05, 0.1) is 39.0 Å². The Labute approximate surface area is 399 Å². The van der Waals surface area contributed by atoms with Crippen molar-refractivity contribution in [1.82, 2.24) is 34.2 Å². The van der Waals surface area contributed by atoms with Gasteiger partial charge in [0.2, 0.25) is 25.9 Å². The molecule has 0 bridgehead atoms. The van der Waals surface area contributed by atoms with E-state index in [1.165, 1.54) is 15.2 Å². The average molecular weight is 959 g/mol. The van der Waals surface area contributed by atoms with E-state index in [9.17, 15) is 0 Å². The minimum atomic E-state index is -4.90. The first-order valence-electron chi connectivity index (χ1n) is 21.9. The number of fused-ring (bicyclic) bond motifs is 1. The monoisotopic (exact) mass is 958 g/mol. The van der Waals surface area contributed by atoms with Gasteiger partial charge in [0.1, 0.15) is 32.9 Å². The molecule has 0 aliphatic rings. The summed E-state index contributed by atoms with van der Waals surface area (Å²) in [6.07, 6.45) is 1.86. The number of nitrogens with two attached hydrogens (primary N) is 1. The molecule has 2 aromatic heterocycles. The number of nitrogens with one attached hydrogen (secondary N) is 1. The van der Waals surface area contributed by atoms with Gasteiger partial charge in [-0.25, -0.2) is 26.5 Å². The molecular formula is C51H58N8O7S2. The van der Waals surface area contributed by atoms with Gasteiger partial charge in [0.15, 0.2) is 0 Å². The van der Waals surface area contributed by atoms with Crippen molar-refractivity contribution in [3.8, 4) is 39.8 Å². The molecule has 0 aliphatic carbocycles. The zero-order valence-electron chi connectivity index (χ0n) is 39.8. The van der Waals surface area contributed by atoms with E-state index < -0.39 is 29.8 Å². The Kier molecular flexibility index (Phi) is 14.6. The third kappa shape index (κ3) is 11.1. The van der Waals surface area contributed by atoms with Crippen LogP contribution in [0.4, 0.5) is 5.82 Å². The molecule has 7 rings (SSSR count). The molecule has 2 radical (unpaired) electrons. The number of tetrazole rings is 1. The summed E-state index contributed by atoms with van der Waals surface area (Å²) in [6.45, 7) is 12.1. The molecular weight excluding hydrogens is 901 g/mol. The summed E-state index contributed by atoms with van der Waals surface area (Å²) in [4.78, 5) is 4.95. The number of ether oxygens (including phenoxy) is 3. The standard InChI is InChI=1S/C51H58N8O7S2/c1-50(2,3)44(51(4,5)6)29-30-53-67(60,61)43-27-26-41(42-12-10-11-37-19-28-45(52)54-47(37)42)46(49-55-57-59(56-49)33-36-17-24-40(66-9)25-18-36)48(43)68(62,63)58(31-34-13-20-38(64-7)21-14-34)32-35-15-22-39(65-8)23-16-35/h10-29,53H,30-33H2,1-9H3,(H2,52,54). The van der Waals surface area contributed by atoms with Crippen LogP contribution in [0.15, 0.2) is 125 Å². The molecule has 0 spiro atoms. The lowest BCUT2D eigenvalue weighted by molar-refractivity contribution is 0.291. The molecule has 0 saturated carbocycles. The van der Waals surface area contributed by atoms with Crippen molar-refractivity contribution in [2.75, 3.05) is 33.6 Å². The Bertz CT molecular complexity index is 3030. The van der Waals surface area contributed by atoms with Gasteiger partial charge >= 0.3 is 0 Å². The van der Waals surface area contributed by atoms with Crippen LogP contribution in [0, 0.1) is 23.2 Å². The van der Waals surface area contributed by atoms with Crippen LogP contribution in [0.2, 0.25) is 0 Å². The molecule has 15 nitrogen and oxygen atoms in total. The topological polar surface area (TPSA) is 194 Å². The van der Waals surface area contributed by atoms with E-state index >= 15 is 16.8 Å². The van der Waals surface area contributed by atoms with Gasteiger partial charge in [0.25, 0.3) is 0 Å². The second-order valence-electron chi connectivity index (χ2n) is 18.4. The fourth-order valence-electron chi connectivity index (χ4n) is 8.45. The number of aromatic nitrogens is 5. The predicted molar refractivity (Wildman–Crippen MR) is 265 cm³/mol. The van der Waals surface area contributed by atoms with Crippen molar-refractivity contribution in [3.05, 3.63) is 144 Å². The number of sulfonamides is 2. The largest absolute Gasteiger partial charge is 0.497 e. The first kappa shape index (κ1) is 49.5. The summed E-state index contributed by atoms with van der Waals surface area (Å²) in [5, 5.41) is 14.4. The summed E-state index contributed by atoms with van der Waals surface area (Å²) in [7, 11) is -4.88. The molecule has 0 amide bonds. The predicted octanol–water partition coefficient (Wildman–Crippen LogP) is 8.75. The Morgan fingerprint density at radius 2 is 1.24 bits per heavy atom. The summed E-state index contributed by atoms with van der Waals surface area (Å²) in [5.74, 6) is 2.93. The molecule has 7 aromatic rings. The lowest BCUT2D eigenvalue weighted by Gasteiger charge is -2.40. The van der Waals surface area contributed by atoms with E-state index in [-0.39, 0.29) is 59.8 Å². The lowest BCUT2D eigenvalue weighted by atomic mass is 9.65. The number of para-hydroxylation sites is 1. The first-order valence-corrected chi connectivity index (χ1v) is 24.8. The molecule has 68 heavy (non-hydrogen) atoms. The SMILES string of the molecule is COc1ccc(CN(Cc2ccc(OC)cc2)S(=O)(=O)c2c(S(=O)(=O)NC[CH][C](C(C)(C)C)C(C)(C)C)ccc(-c3cccc4ccc(N)nc34)c2-c2nnn(Cc3ccc(OC)cc3)n2)cc1. The van der Waals surface area contributed by atoms with Crippen molar-refractivity contribution < 1.29 is 31.0 Å². The maximum Gasteiger partial charge on any atom is 0.245 e. The van der Waals surface area contributed by atoms with Crippen LogP contribution < -0.4 is 24.7 Å². The molecule has 0 saturated heterocycles.